The Morgan fingerprint density at radius 3 is 2.67 bits per heavy atom. The molecule has 0 saturated heterocycles. The van der Waals surface area contributed by atoms with Crippen LogP contribution in [0.3, 0.4) is 0 Å². The Labute approximate surface area is 108 Å². The minimum absolute atomic E-state index is 0.0969. The van der Waals surface area contributed by atoms with Crippen LogP contribution < -0.4 is 5.32 Å². The van der Waals surface area contributed by atoms with Crippen molar-refractivity contribution in [3.8, 4) is 0 Å². The molecule has 0 fully saturated rings. The number of amides is 1. The summed E-state index contributed by atoms with van der Waals surface area (Å²) in [5.74, 6) is -0.0969. The maximum atomic E-state index is 11.5. The van der Waals surface area contributed by atoms with Crippen molar-refractivity contribution in [3.63, 3.8) is 0 Å². The summed E-state index contributed by atoms with van der Waals surface area (Å²) in [6.07, 6.45) is 6.92. The maximum Gasteiger partial charge on any atom is 0.244 e. The SMILES string of the molecule is C/C=C/C=C/C(=O)NCc1ccccc1COC. The third kappa shape index (κ3) is 4.97. The number of carbonyl (C=O) groups is 1. The van der Waals surface area contributed by atoms with Gasteiger partial charge in [-0.25, -0.2) is 0 Å². The number of hydrogen-bond acceptors (Lipinski definition) is 2. The van der Waals surface area contributed by atoms with Crippen LogP contribution in [0.5, 0.6) is 0 Å². The summed E-state index contributed by atoms with van der Waals surface area (Å²) in [6.45, 7) is 2.97. The van der Waals surface area contributed by atoms with Crippen molar-refractivity contribution in [2.24, 2.45) is 0 Å². The molecule has 0 aliphatic rings. The Kier molecular flexibility index (Phi) is 6.51. The van der Waals surface area contributed by atoms with Crippen LogP contribution >= 0.6 is 0 Å². The molecule has 18 heavy (non-hydrogen) atoms. The quantitative estimate of drug-likeness (QED) is 0.618. The van der Waals surface area contributed by atoms with Gasteiger partial charge in [0.15, 0.2) is 0 Å². The maximum absolute atomic E-state index is 11.5. The van der Waals surface area contributed by atoms with Crippen LogP contribution in [0.15, 0.2) is 48.6 Å². The summed E-state index contributed by atoms with van der Waals surface area (Å²) in [6, 6.07) is 7.91. The molecule has 3 heteroatoms. The largest absolute Gasteiger partial charge is 0.380 e. The molecular weight excluding hydrogens is 226 g/mol. The lowest BCUT2D eigenvalue weighted by Gasteiger charge is -2.08. The van der Waals surface area contributed by atoms with Gasteiger partial charge in [-0.3, -0.25) is 4.79 Å². The van der Waals surface area contributed by atoms with Crippen LogP contribution in [0.2, 0.25) is 0 Å². The molecular formula is C15H19NO2. The van der Waals surface area contributed by atoms with Gasteiger partial charge in [-0.05, 0) is 18.1 Å². The molecule has 0 bridgehead atoms. The van der Waals surface area contributed by atoms with Crippen LogP contribution in [0.25, 0.3) is 0 Å². The molecule has 3 nitrogen and oxygen atoms in total. The highest BCUT2D eigenvalue weighted by atomic mass is 16.5. The molecule has 1 amide bonds. The smallest absolute Gasteiger partial charge is 0.244 e. The second-order valence-corrected chi connectivity index (χ2v) is 3.80. The summed E-state index contributed by atoms with van der Waals surface area (Å²) in [4.78, 5) is 11.5. The first kappa shape index (κ1) is 14.2. The number of rotatable bonds is 6. The van der Waals surface area contributed by atoms with E-state index in [-0.39, 0.29) is 5.91 Å². The average molecular weight is 245 g/mol. The van der Waals surface area contributed by atoms with Crippen LogP contribution in [0.1, 0.15) is 18.1 Å². The van der Waals surface area contributed by atoms with E-state index in [1.165, 1.54) is 6.08 Å². The topological polar surface area (TPSA) is 38.3 Å². The van der Waals surface area contributed by atoms with Crippen molar-refractivity contribution in [2.75, 3.05) is 7.11 Å². The predicted molar refractivity (Wildman–Crippen MR) is 73.0 cm³/mol. The fourth-order valence-corrected chi connectivity index (χ4v) is 1.52. The number of allylic oxidation sites excluding steroid dienone is 3. The highest BCUT2D eigenvalue weighted by Crippen LogP contribution is 2.09. The second kappa shape index (κ2) is 8.25. The van der Waals surface area contributed by atoms with E-state index < -0.39 is 0 Å². The highest BCUT2D eigenvalue weighted by molar-refractivity contribution is 5.87. The number of methoxy groups -OCH3 is 1. The van der Waals surface area contributed by atoms with Crippen LogP contribution in [0, 0.1) is 0 Å². The molecule has 0 spiro atoms. The second-order valence-electron chi connectivity index (χ2n) is 3.80. The fourth-order valence-electron chi connectivity index (χ4n) is 1.52. The summed E-state index contributed by atoms with van der Waals surface area (Å²) >= 11 is 0. The number of benzene rings is 1. The fraction of sp³-hybridized carbons (Fsp3) is 0.267. The first-order valence-electron chi connectivity index (χ1n) is 5.91. The minimum Gasteiger partial charge on any atom is -0.380 e. The van der Waals surface area contributed by atoms with Crippen molar-refractivity contribution in [2.45, 2.75) is 20.1 Å². The van der Waals surface area contributed by atoms with Crippen molar-refractivity contribution in [1.82, 2.24) is 5.32 Å². The Morgan fingerprint density at radius 2 is 2.00 bits per heavy atom. The zero-order valence-electron chi connectivity index (χ0n) is 10.8. The molecule has 1 N–H and O–H groups in total. The van der Waals surface area contributed by atoms with Gasteiger partial charge in [0.25, 0.3) is 0 Å². The number of ether oxygens (including phenoxy) is 1. The van der Waals surface area contributed by atoms with E-state index >= 15 is 0 Å². The molecule has 0 heterocycles. The van der Waals surface area contributed by atoms with Crippen LogP contribution in [-0.4, -0.2) is 13.0 Å². The van der Waals surface area contributed by atoms with Crippen molar-refractivity contribution in [3.05, 3.63) is 59.7 Å². The third-order valence-electron chi connectivity index (χ3n) is 2.42. The van der Waals surface area contributed by atoms with Gasteiger partial charge in [-0.2, -0.15) is 0 Å². The summed E-state index contributed by atoms with van der Waals surface area (Å²) in [7, 11) is 1.66. The third-order valence-corrected chi connectivity index (χ3v) is 2.42. The van der Waals surface area contributed by atoms with Gasteiger partial charge in [0.1, 0.15) is 0 Å². The molecule has 1 aromatic carbocycles. The van der Waals surface area contributed by atoms with E-state index in [2.05, 4.69) is 5.32 Å². The van der Waals surface area contributed by atoms with Gasteiger partial charge < -0.3 is 10.1 Å². The molecule has 0 aromatic heterocycles. The molecule has 0 aliphatic carbocycles. The molecule has 1 rings (SSSR count). The van der Waals surface area contributed by atoms with Crippen molar-refractivity contribution >= 4 is 5.91 Å². The first-order valence-corrected chi connectivity index (χ1v) is 5.91. The predicted octanol–water partition coefficient (Wildman–Crippen LogP) is 2.58. The molecule has 1 aromatic rings. The van der Waals surface area contributed by atoms with Crippen molar-refractivity contribution in [1.29, 1.82) is 0 Å². The summed E-state index contributed by atoms with van der Waals surface area (Å²) in [5.41, 5.74) is 2.17. The highest BCUT2D eigenvalue weighted by Gasteiger charge is 2.02. The normalized spacial score (nSPS) is 11.2. The van der Waals surface area contributed by atoms with E-state index in [1.54, 1.807) is 13.2 Å². The lowest BCUT2D eigenvalue weighted by molar-refractivity contribution is -0.116. The van der Waals surface area contributed by atoms with Gasteiger partial charge in [0.2, 0.25) is 5.91 Å². The standard InChI is InChI=1S/C15H19NO2/c1-3-4-5-10-15(17)16-11-13-8-6-7-9-14(13)12-18-2/h3-10H,11-12H2,1-2H3,(H,16,17)/b4-3+,10-5+. The van der Waals surface area contributed by atoms with E-state index in [0.29, 0.717) is 13.2 Å². The summed E-state index contributed by atoms with van der Waals surface area (Å²) < 4.78 is 5.12. The van der Waals surface area contributed by atoms with E-state index in [0.717, 1.165) is 11.1 Å². The molecule has 0 atom stereocenters. The molecule has 0 unspecified atom stereocenters. The van der Waals surface area contributed by atoms with Gasteiger partial charge in [-0.1, -0.05) is 42.5 Å². The Bertz CT molecular complexity index is 436. The zero-order valence-corrected chi connectivity index (χ0v) is 10.8. The van der Waals surface area contributed by atoms with Gasteiger partial charge in [0, 0.05) is 19.7 Å². The number of carbonyl (C=O) groups excluding carboxylic acids is 1. The Balaban J connectivity index is 2.55. The molecule has 0 saturated carbocycles. The zero-order chi connectivity index (χ0) is 13.2. The van der Waals surface area contributed by atoms with Crippen LogP contribution in [0.4, 0.5) is 0 Å². The van der Waals surface area contributed by atoms with E-state index in [1.807, 2.05) is 43.3 Å². The number of hydrogen-bond donors (Lipinski definition) is 1. The monoisotopic (exact) mass is 245 g/mol. The molecule has 0 radical (unpaired) electrons. The van der Waals surface area contributed by atoms with E-state index in [9.17, 15) is 4.79 Å². The Morgan fingerprint density at radius 1 is 1.28 bits per heavy atom. The lowest BCUT2D eigenvalue weighted by Crippen LogP contribution is -2.21. The lowest BCUT2D eigenvalue weighted by atomic mass is 10.1. The van der Waals surface area contributed by atoms with Gasteiger partial charge in [0.05, 0.1) is 6.61 Å². The Hall–Kier alpha value is -1.87. The van der Waals surface area contributed by atoms with Crippen molar-refractivity contribution < 1.29 is 9.53 Å². The van der Waals surface area contributed by atoms with Gasteiger partial charge >= 0.3 is 0 Å². The molecule has 0 aliphatic heterocycles. The first-order chi connectivity index (χ1) is 8.77. The minimum atomic E-state index is -0.0969. The van der Waals surface area contributed by atoms with Crippen LogP contribution in [-0.2, 0) is 22.7 Å². The molecule has 96 valence electrons. The number of nitrogens with one attached hydrogen (secondary N) is 1. The van der Waals surface area contributed by atoms with E-state index in [4.69, 9.17) is 4.74 Å². The average Bonchev–Trinajstić information content (AvgIpc) is 2.38. The summed E-state index contributed by atoms with van der Waals surface area (Å²) in [5, 5.41) is 2.84. The van der Waals surface area contributed by atoms with Gasteiger partial charge in [-0.15, -0.1) is 0 Å².